The van der Waals surface area contributed by atoms with E-state index in [4.69, 9.17) is 4.74 Å². The fraction of sp³-hybridized carbons (Fsp3) is 0.600. The van der Waals surface area contributed by atoms with Crippen molar-refractivity contribution >= 4 is 11.6 Å². The maximum absolute atomic E-state index is 13.9. The summed E-state index contributed by atoms with van der Waals surface area (Å²) in [5.41, 5.74) is 2.65. The molecule has 0 spiro atoms. The zero-order valence-electron chi connectivity index (χ0n) is 17.1. The van der Waals surface area contributed by atoms with Crippen LogP contribution in [0.2, 0.25) is 0 Å². The smallest absolute Gasteiger partial charge is 0.422 e. The molecule has 1 aromatic heterocycles. The number of alkyl halides is 4. The molecule has 1 aliphatic carbocycles. The molecule has 1 atom stereocenters. The summed E-state index contributed by atoms with van der Waals surface area (Å²) in [6, 6.07) is 1.18. The Morgan fingerprint density at radius 2 is 2.07 bits per heavy atom. The molecule has 2 fully saturated rings. The van der Waals surface area contributed by atoms with E-state index in [9.17, 15) is 22.4 Å². The van der Waals surface area contributed by atoms with Crippen LogP contribution in [0.1, 0.15) is 43.6 Å². The fourth-order valence-corrected chi connectivity index (χ4v) is 3.84. The van der Waals surface area contributed by atoms with Gasteiger partial charge in [-0.05, 0) is 39.2 Å². The topological polar surface area (TPSA) is 82.1 Å². The zero-order chi connectivity index (χ0) is 22.3. The number of aromatic nitrogens is 1. The lowest BCUT2D eigenvalue weighted by Gasteiger charge is -2.44. The van der Waals surface area contributed by atoms with Crippen molar-refractivity contribution in [3.8, 4) is 5.75 Å². The molecule has 166 valence electrons. The standard InChI is InChI=1S/C20H26F4N4O2/c1-12(25)7-19(3,13-4-5-13)27-17(29)14-6-16(30-11-20(22,23)24)15(8-26-14)28-9-18(2,21)10-28/h6,8,13H,1,4-5,7,9-11,25H2,2-3H3,(H,27,29)/p+1. The number of hydrogen-bond donors (Lipinski definition) is 2. The number of rotatable bonds is 8. The molecule has 2 aliphatic rings. The molecule has 1 aliphatic heterocycles. The van der Waals surface area contributed by atoms with Crippen LogP contribution in [0.4, 0.5) is 23.2 Å². The maximum Gasteiger partial charge on any atom is 0.422 e. The van der Waals surface area contributed by atoms with Crippen LogP contribution in [0, 0.1) is 5.92 Å². The summed E-state index contributed by atoms with van der Waals surface area (Å²) in [5.74, 6) is -0.394. The summed E-state index contributed by atoms with van der Waals surface area (Å²) in [6.07, 6.45) is -0.876. The first-order chi connectivity index (χ1) is 13.8. The first-order valence-electron chi connectivity index (χ1n) is 9.74. The third-order valence-electron chi connectivity index (χ3n) is 5.35. The Morgan fingerprint density at radius 3 is 2.57 bits per heavy atom. The first kappa shape index (κ1) is 22.3. The summed E-state index contributed by atoms with van der Waals surface area (Å²) >= 11 is 0. The predicted octanol–water partition coefficient (Wildman–Crippen LogP) is 2.62. The van der Waals surface area contributed by atoms with Crippen molar-refractivity contribution in [1.82, 2.24) is 10.3 Å². The Labute approximate surface area is 172 Å². The highest BCUT2D eigenvalue weighted by molar-refractivity contribution is 5.93. The van der Waals surface area contributed by atoms with Gasteiger partial charge in [0.1, 0.15) is 17.1 Å². The molecular weight excluding hydrogens is 404 g/mol. The van der Waals surface area contributed by atoms with Gasteiger partial charge in [0.05, 0.1) is 30.7 Å². The molecule has 1 unspecified atom stereocenters. The van der Waals surface area contributed by atoms with Gasteiger partial charge in [0.2, 0.25) is 0 Å². The Morgan fingerprint density at radius 1 is 1.43 bits per heavy atom. The van der Waals surface area contributed by atoms with Crippen LogP contribution in [-0.2, 0) is 0 Å². The van der Waals surface area contributed by atoms with Crippen molar-refractivity contribution in [3.05, 3.63) is 30.2 Å². The minimum atomic E-state index is -4.55. The van der Waals surface area contributed by atoms with Gasteiger partial charge in [-0.2, -0.15) is 13.2 Å². The van der Waals surface area contributed by atoms with Gasteiger partial charge in [-0.3, -0.25) is 4.79 Å². The van der Waals surface area contributed by atoms with E-state index in [-0.39, 0.29) is 36.1 Å². The van der Waals surface area contributed by atoms with E-state index in [1.807, 2.05) is 6.92 Å². The van der Waals surface area contributed by atoms with Gasteiger partial charge >= 0.3 is 6.18 Å². The summed E-state index contributed by atoms with van der Waals surface area (Å²) in [5, 5.41) is 2.94. The monoisotopic (exact) mass is 431 g/mol. The molecule has 30 heavy (non-hydrogen) atoms. The van der Waals surface area contributed by atoms with Gasteiger partial charge in [0.15, 0.2) is 6.61 Å². The van der Waals surface area contributed by atoms with Crippen LogP contribution < -0.4 is 20.7 Å². The number of ether oxygens (including phenoxy) is 1. The number of nitrogens with zero attached hydrogens (tertiary/aromatic N) is 2. The quantitative estimate of drug-likeness (QED) is 0.620. The van der Waals surface area contributed by atoms with E-state index in [1.54, 1.807) is 0 Å². The number of amides is 1. The highest BCUT2D eigenvalue weighted by Gasteiger charge is 2.44. The molecule has 2 heterocycles. The van der Waals surface area contributed by atoms with Gasteiger partial charge in [0.25, 0.3) is 5.91 Å². The Balaban J connectivity index is 1.82. The molecule has 0 aromatic carbocycles. The Kier molecular flexibility index (Phi) is 5.74. The van der Waals surface area contributed by atoms with Crippen LogP contribution in [0.15, 0.2) is 24.5 Å². The summed E-state index contributed by atoms with van der Waals surface area (Å²) in [4.78, 5) is 18.5. The molecule has 1 saturated carbocycles. The number of halogens is 4. The third-order valence-corrected chi connectivity index (χ3v) is 5.35. The SMILES string of the molecule is C=C([NH3+])CC(C)(NC(=O)c1cc(OCC(F)(F)F)c(N2CC(C)(F)C2)cn1)C1CC1. The highest BCUT2D eigenvalue weighted by Crippen LogP contribution is 2.42. The summed E-state index contributed by atoms with van der Waals surface area (Å²) in [7, 11) is 0. The largest absolute Gasteiger partial charge is 0.482 e. The minimum absolute atomic E-state index is 0.00790. The van der Waals surface area contributed by atoms with E-state index >= 15 is 0 Å². The van der Waals surface area contributed by atoms with E-state index < -0.39 is 29.9 Å². The van der Waals surface area contributed by atoms with Gasteiger partial charge < -0.3 is 20.7 Å². The molecular formula is C20H27F4N4O2+. The number of pyridine rings is 1. The van der Waals surface area contributed by atoms with Crippen molar-refractivity contribution in [2.75, 3.05) is 24.6 Å². The lowest BCUT2D eigenvalue weighted by atomic mass is 9.90. The zero-order valence-corrected chi connectivity index (χ0v) is 17.1. The van der Waals surface area contributed by atoms with Crippen molar-refractivity contribution in [3.63, 3.8) is 0 Å². The number of carbonyl (C=O) groups is 1. The molecule has 0 bridgehead atoms. The van der Waals surface area contributed by atoms with Crippen LogP contribution in [-0.4, -0.2) is 48.0 Å². The number of carbonyl (C=O) groups excluding carboxylic acids is 1. The molecule has 4 N–H and O–H groups in total. The van der Waals surface area contributed by atoms with Gasteiger partial charge in [-0.15, -0.1) is 0 Å². The molecule has 6 nitrogen and oxygen atoms in total. The molecule has 0 radical (unpaired) electrons. The Bertz CT molecular complexity index is 831. The second kappa shape index (κ2) is 7.72. The summed E-state index contributed by atoms with van der Waals surface area (Å²) in [6.45, 7) is 5.61. The number of hydrogen-bond acceptors (Lipinski definition) is 4. The normalized spacial score (nSPS) is 20.2. The average Bonchev–Trinajstić information content (AvgIpc) is 3.41. The van der Waals surface area contributed by atoms with Crippen molar-refractivity contribution in [2.45, 2.75) is 50.5 Å². The predicted molar refractivity (Wildman–Crippen MR) is 103 cm³/mol. The van der Waals surface area contributed by atoms with Gasteiger partial charge in [-0.1, -0.05) is 0 Å². The molecule has 3 rings (SSSR count). The minimum Gasteiger partial charge on any atom is -0.482 e. The van der Waals surface area contributed by atoms with Gasteiger partial charge in [0, 0.05) is 18.0 Å². The highest BCUT2D eigenvalue weighted by atomic mass is 19.4. The lowest BCUT2D eigenvalue weighted by molar-refractivity contribution is -0.308. The fourth-order valence-electron chi connectivity index (χ4n) is 3.84. The Hall–Kier alpha value is -2.36. The van der Waals surface area contributed by atoms with Crippen LogP contribution >= 0.6 is 0 Å². The van der Waals surface area contributed by atoms with E-state index in [0.717, 1.165) is 12.8 Å². The second-order valence-corrected chi connectivity index (χ2v) is 8.78. The average molecular weight is 431 g/mol. The summed E-state index contributed by atoms with van der Waals surface area (Å²) < 4.78 is 56.9. The number of anilines is 1. The van der Waals surface area contributed by atoms with Crippen LogP contribution in [0.5, 0.6) is 5.75 Å². The molecule has 1 aromatic rings. The number of quaternary nitrogens is 1. The van der Waals surface area contributed by atoms with Gasteiger partial charge in [-0.25, -0.2) is 9.37 Å². The van der Waals surface area contributed by atoms with Crippen LogP contribution in [0.25, 0.3) is 0 Å². The molecule has 1 saturated heterocycles. The first-order valence-corrected chi connectivity index (χ1v) is 9.74. The van der Waals surface area contributed by atoms with E-state index in [1.165, 1.54) is 24.1 Å². The van der Waals surface area contributed by atoms with E-state index in [0.29, 0.717) is 12.1 Å². The van der Waals surface area contributed by atoms with Crippen molar-refractivity contribution in [1.29, 1.82) is 0 Å². The molecule has 10 heteroatoms. The lowest BCUT2D eigenvalue weighted by Crippen LogP contribution is -2.57. The number of nitrogens with one attached hydrogen (secondary N) is 1. The van der Waals surface area contributed by atoms with Crippen LogP contribution in [0.3, 0.4) is 0 Å². The van der Waals surface area contributed by atoms with E-state index in [2.05, 4.69) is 22.6 Å². The second-order valence-electron chi connectivity index (χ2n) is 8.78. The molecule has 1 amide bonds. The maximum atomic E-state index is 13.9. The van der Waals surface area contributed by atoms with Crippen molar-refractivity contribution in [2.24, 2.45) is 5.92 Å². The third kappa shape index (κ3) is 5.41. The van der Waals surface area contributed by atoms with Crippen molar-refractivity contribution < 1.29 is 32.8 Å².